The van der Waals surface area contributed by atoms with E-state index in [1.165, 1.54) is 0 Å². The number of hydrogen-bond donors (Lipinski definition) is 0. The van der Waals surface area contributed by atoms with E-state index in [9.17, 15) is 4.79 Å². The molecule has 3 rings (SSSR count). The molecule has 1 aromatic carbocycles. The third kappa shape index (κ3) is 2.87. The fourth-order valence-corrected chi connectivity index (χ4v) is 2.19. The number of carbonyl (C=O) groups is 1. The summed E-state index contributed by atoms with van der Waals surface area (Å²) in [6, 6.07) is 17.3. The fourth-order valence-electron chi connectivity index (χ4n) is 2.19. The Hall–Kier alpha value is -2.81. The van der Waals surface area contributed by atoms with E-state index in [4.69, 9.17) is 0 Å². The van der Waals surface area contributed by atoms with Crippen molar-refractivity contribution >= 4 is 28.3 Å². The van der Waals surface area contributed by atoms with Crippen LogP contribution in [0, 0.1) is 0 Å². The first kappa shape index (κ1) is 13.2. The predicted molar refractivity (Wildman–Crippen MR) is 84.5 cm³/mol. The van der Waals surface area contributed by atoms with Crippen LogP contribution >= 0.6 is 0 Å². The molecule has 0 bridgehead atoms. The SMILES string of the molecule is CC(=O)/C(=C\c1ccc2ccccc2n1)c1ccccn1. The van der Waals surface area contributed by atoms with Gasteiger partial charge in [0.25, 0.3) is 0 Å². The lowest BCUT2D eigenvalue weighted by Crippen LogP contribution is -1.98. The summed E-state index contributed by atoms with van der Waals surface area (Å²) >= 11 is 0. The molecule has 0 radical (unpaired) electrons. The normalized spacial score (nSPS) is 11.6. The van der Waals surface area contributed by atoms with Crippen molar-refractivity contribution in [1.29, 1.82) is 0 Å². The second kappa shape index (κ2) is 5.67. The smallest absolute Gasteiger partial charge is 0.162 e. The largest absolute Gasteiger partial charge is 0.294 e. The van der Waals surface area contributed by atoms with Gasteiger partial charge in [-0.2, -0.15) is 0 Å². The van der Waals surface area contributed by atoms with E-state index in [1.807, 2.05) is 54.6 Å². The van der Waals surface area contributed by atoms with Gasteiger partial charge in [0, 0.05) is 17.2 Å². The van der Waals surface area contributed by atoms with E-state index in [0.29, 0.717) is 11.3 Å². The van der Waals surface area contributed by atoms with E-state index >= 15 is 0 Å². The summed E-state index contributed by atoms with van der Waals surface area (Å²) in [5, 5.41) is 1.08. The van der Waals surface area contributed by atoms with Crippen LogP contribution in [0.1, 0.15) is 18.3 Å². The van der Waals surface area contributed by atoms with Gasteiger partial charge >= 0.3 is 0 Å². The van der Waals surface area contributed by atoms with Gasteiger partial charge in [0.15, 0.2) is 5.78 Å². The first-order valence-electron chi connectivity index (χ1n) is 6.74. The van der Waals surface area contributed by atoms with Crippen molar-refractivity contribution in [2.75, 3.05) is 0 Å². The Morgan fingerprint density at radius 3 is 2.57 bits per heavy atom. The minimum absolute atomic E-state index is 0.0244. The Labute approximate surface area is 123 Å². The minimum atomic E-state index is -0.0244. The molecular weight excluding hydrogens is 260 g/mol. The zero-order valence-corrected chi connectivity index (χ0v) is 11.7. The summed E-state index contributed by atoms with van der Waals surface area (Å²) in [7, 11) is 0. The summed E-state index contributed by atoms with van der Waals surface area (Å²) < 4.78 is 0. The van der Waals surface area contributed by atoms with Crippen LogP contribution < -0.4 is 0 Å². The number of nitrogens with zero attached hydrogens (tertiary/aromatic N) is 2. The standard InChI is InChI=1S/C18H14N2O/c1-13(21)16(18-8-4-5-11-19-18)12-15-10-9-14-6-2-3-7-17(14)20-15/h2-12H,1H3/b16-12+. The Balaban J connectivity index is 2.09. The monoisotopic (exact) mass is 274 g/mol. The number of para-hydroxylation sites is 1. The van der Waals surface area contributed by atoms with Crippen molar-refractivity contribution < 1.29 is 4.79 Å². The molecule has 0 fully saturated rings. The third-order valence-corrected chi connectivity index (χ3v) is 3.23. The molecule has 0 N–H and O–H groups in total. The Bertz CT molecular complexity index is 823. The molecule has 2 aromatic heterocycles. The van der Waals surface area contributed by atoms with Gasteiger partial charge in [-0.05, 0) is 37.3 Å². The zero-order chi connectivity index (χ0) is 14.7. The molecular formula is C18H14N2O. The summed E-state index contributed by atoms with van der Waals surface area (Å²) in [6.45, 7) is 1.54. The summed E-state index contributed by atoms with van der Waals surface area (Å²) in [4.78, 5) is 20.7. The molecule has 0 saturated carbocycles. The average Bonchev–Trinajstić information content (AvgIpc) is 2.53. The highest BCUT2D eigenvalue weighted by Crippen LogP contribution is 2.18. The van der Waals surface area contributed by atoms with Crippen LogP contribution in [-0.2, 0) is 4.79 Å². The highest BCUT2D eigenvalue weighted by Gasteiger charge is 2.09. The molecule has 3 nitrogen and oxygen atoms in total. The number of hydrogen-bond acceptors (Lipinski definition) is 3. The van der Waals surface area contributed by atoms with Crippen LogP contribution in [0.2, 0.25) is 0 Å². The van der Waals surface area contributed by atoms with Gasteiger partial charge in [-0.1, -0.05) is 30.3 Å². The molecule has 2 heterocycles. The molecule has 3 heteroatoms. The van der Waals surface area contributed by atoms with Gasteiger partial charge in [0.1, 0.15) is 0 Å². The van der Waals surface area contributed by atoms with Crippen LogP contribution in [0.5, 0.6) is 0 Å². The van der Waals surface area contributed by atoms with Crippen molar-refractivity contribution in [3.8, 4) is 0 Å². The van der Waals surface area contributed by atoms with E-state index < -0.39 is 0 Å². The number of rotatable bonds is 3. The summed E-state index contributed by atoms with van der Waals surface area (Å²) in [5.41, 5.74) is 2.90. The molecule has 0 unspecified atom stereocenters. The number of aromatic nitrogens is 2. The van der Waals surface area contributed by atoms with Crippen molar-refractivity contribution in [1.82, 2.24) is 9.97 Å². The number of benzene rings is 1. The van der Waals surface area contributed by atoms with Gasteiger partial charge in [0.2, 0.25) is 0 Å². The topological polar surface area (TPSA) is 42.9 Å². The molecule has 0 aliphatic carbocycles. The molecule has 0 spiro atoms. The van der Waals surface area contributed by atoms with Crippen LogP contribution in [0.15, 0.2) is 60.8 Å². The van der Waals surface area contributed by atoms with Gasteiger partial charge < -0.3 is 0 Å². The lowest BCUT2D eigenvalue weighted by atomic mass is 10.1. The second-order valence-electron chi connectivity index (χ2n) is 4.76. The molecule has 0 amide bonds. The van der Waals surface area contributed by atoms with Gasteiger partial charge in [-0.3, -0.25) is 9.78 Å². The van der Waals surface area contributed by atoms with E-state index in [2.05, 4.69) is 9.97 Å². The lowest BCUT2D eigenvalue weighted by molar-refractivity contribution is -0.111. The summed E-state index contributed by atoms with van der Waals surface area (Å²) in [6.07, 6.45) is 3.47. The summed E-state index contributed by atoms with van der Waals surface area (Å²) in [5.74, 6) is -0.0244. The van der Waals surface area contributed by atoms with E-state index in [1.54, 1.807) is 19.2 Å². The molecule has 102 valence electrons. The van der Waals surface area contributed by atoms with Crippen molar-refractivity contribution in [3.63, 3.8) is 0 Å². The van der Waals surface area contributed by atoms with Crippen molar-refractivity contribution in [3.05, 3.63) is 72.2 Å². The number of carbonyl (C=O) groups excluding carboxylic acids is 1. The third-order valence-electron chi connectivity index (χ3n) is 3.23. The van der Waals surface area contributed by atoms with Crippen LogP contribution in [-0.4, -0.2) is 15.8 Å². The molecule has 0 saturated heterocycles. The highest BCUT2D eigenvalue weighted by atomic mass is 16.1. The zero-order valence-electron chi connectivity index (χ0n) is 11.7. The van der Waals surface area contributed by atoms with E-state index in [0.717, 1.165) is 16.6 Å². The quantitative estimate of drug-likeness (QED) is 0.683. The van der Waals surface area contributed by atoms with Crippen LogP contribution in [0.4, 0.5) is 0 Å². The lowest BCUT2D eigenvalue weighted by Gasteiger charge is -2.04. The average molecular weight is 274 g/mol. The fraction of sp³-hybridized carbons (Fsp3) is 0.0556. The maximum atomic E-state index is 11.9. The van der Waals surface area contributed by atoms with Gasteiger partial charge in [0.05, 0.1) is 16.9 Å². The highest BCUT2D eigenvalue weighted by molar-refractivity contribution is 6.23. The van der Waals surface area contributed by atoms with Crippen molar-refractivity contribution in [2.45, 2.75) is 6.92 Å². The maximum Gasteiger partial charge on any atom is 0.162 e. The number of pyridine rings is 2. The molecule has 21 heavy (non-hydrogen) atoms. The van der Waals surface area contributed by atoms with Crippen LogP contribution in [0.3, 0.4) is 0 Å². The Morgan fingerprint density at radius 1 is 1.00 bits per heavy atom. The molecule has 0 aliphatic rings. The van der Waals surface area contributed by atoms with E-state index in [-0.39, 0.29) is 5.78 Å². The number of allylic oxidation sites excluding steroid dienone is 1. The second-order valence-corrected chi connectivity index (χ2v) is 4.76. The number of Topliss-reactive ketones (excluding diaryl/α,β-unsaturated/α-hetero) is 1. The first-order valence-corrected chi connectivity index (χ1v) is 6.74. The van der Waals surface area contributed by atoms with Gasteiger partial charge in [-0.25, -0.2) is 4.98 Å². The maximum absolute atomic E-state index is 11.9. The molecule has 0 atom stereocenters. The number of ketones is 1. The predicted octanol–water partition coefficient (Wildman–Crippen LogP) is 3.76. The molecule has 0 aliphatic heterocycles. The van der Waals surface area contributed by atoms with Crippen molar-refractivity contribution in [2.24, 2.45) is 0 Å². The minimum Gasteiger partial charge on any atom is -0.294 e. The molecule has 3 aromatic rings. The first-order chi connectivity index (χ1) is 10.2. The Morgan fingerprint density at radius 2 is 1.81 bits per heavy atom. The van der Waals surface area contributed by atoms with Gasteiger partial charge in [-0.15, -0.1) is 0 Å². The number of fused-ring (bicyclic) bond motifs is 1. The van der Waals surface area contributed by atoms with Crippen LogP contribution in [0.25, 0.3) is 22.6 Å². The Kier molecular flexibility index (Phi) is 3.56.